The van der Waals surface area contributed by atoms with E-state index in [1.165, 1.54) is 18.2 Å². The van der Waals surface area contributed by atoms with E-state index in [0.29, 0.717) is 12.1 Å². The lowest BCUT2D eigenvalue weighted by Gasteiger charge is -2.36. The van der Waals surface area contributed by atoms with Gasteiger partial charge in [0.05, 0.1) is 11.6 Å². The fraction of sp³-hybridized carbons (Fsp3) is 0.364. The number of hydrogen-bond donors (Lipinski definition) is 1. The predicted molar refractivity (Wildman–Crippen MR) is 54.4 cm³/mol. The van der Waals surface area contributed by atoms with Crippen molar-refractivity contribution in [3.8, 4) is 6.07 Å². The lowest BCUT2D eigenvalue weighted by Crippen LogP contribution is -2.54. The first-order valence-electron chi connectivity index (χ1n) is 4.85. The Balaban J connectivity index is 2.13. The molecule has 1 aromatic carbocycles. The molecular weight excluding hydrogens is 193 g/mol. The van der Waals surface area contributed by atoms with Gasteiger partial charge in [0.25, 0.3) is 0 Å². The van der Waals surface area contributed by atoms with Gasteiger partial charge >= 0.3 is 0 Å². The van der Waals surface area contributed by atoms with Crippen molar-refractivity contribution in [3.05, 3.63) is 35.1 Å². The highest BCUT2D eigenvalue weighted by molar-refractivity contribution is 5.37. The summed E-state index contributed by atoms with van der Waals surface area (Å²) in [4.78, 5) is 2.10. The molecule has 0 saturated carbocycles. The van der Waals surface area contributed by atoms with Crippen LogP contribution >= 0.6 is 0 Å². The number of rotatable bonds is 2. The second kappa shape index (κ2) is 3.97. The average Bonchev–Trinajstić information content (AvgIpc) is 2.16. The molecule has 4 heteroatoms. The van der Waals surface area contributed by atoms with Gasteiger partial charge in [-0.25, -0.2) is 4.39 Å². The molecule has 0 aromatic heterocycles. The van der Waals surface area contributed by atoms with Crippen LogP contribution in [0.5, 0.6) is 0 Å². The molecule has 15 heavy (non-hydrogen) atoms. The standard InChI is InChI=1S/C11H12FN3/c12-10-2-1-8(4-13)9(3-10)5-15-6-11(14)7-15/h1-3,11H,5-7,14H2. The van der Waals surface area contributed by atoms with Crippen LogP contribution in [0.25, 0.3) is 0 Å². The number of hydrogen-bond acceptors (Lipinski definition) is 3. The molecule has 0 unspecified atom stereocenters. The molecule has 1 aliphatic heterocycles. The normalized spacial score (nSPS) is 17.1. The molecule has 2 N–H and O–H groups in total. The van der Waals surface area contributed by atoms with Crippen molar-refractivity contribution in [2.24, 2.45) is 5.73 Å². The van der Waals surface area contributed by atoms with E-state index in [-0.39, 0.29) is 11.9 Å². The zero-order chi connectivity index (χ0) is 10.8. The Kier molecular flexibility index (Phi) is 2.67. The molecule has 0 amide bonds. The van der Waals surface area contributed by atoms with E-state index in [9.17, 15) is 4.39 Å². The molecule has 1 saturated heterocycles. The van der Waals surface area contributed by atoms with Crippen molar-refractivity contribution in [3.63, 3.8) is 0 Å². The van der Waals surface area contributed by atoms with Gasteiger partial charge in [-0.1, -0.05) is 0 Å². The summed E-state index contributed by atoms with van der Waals surface area (Å²) in [6, 6.07) is 6.54. The monoisotopic (exact) mass is 205 g/mol. The molecule has 0 bridgehead atoms. The van der Waals surface area contributed by atoms with Crippen LogP contribution in [0.3, 0.4) is 0 Å². The molecule has 1 heterocycles. The summed E-state index contributed by atoms with van der Waals surface area (Å²) in [5.74, 6) is -0.297. The quantitative estimate of drug-likeness (QED) is 0.778. The summed E-state index contributed by atoms with van der Waals surface area (Å²) in [6.45, 7) is 2.25. The van der Waals surface area contributed by atoms with Crippen molar-refractivity contribution in [2.75, 3.05) is 13.1 Å². The molecule has 1 aromatic rings. The molecule has 0 atom stereocenters. The smallest absolute Gasteiger partial charge is 0.123 e. The van der Waals surface area contributed by atoms with Crippen molar-refractivity contribution >= 4 is 0 Å². The second-order valence-corrected chi connectivity index (χ2v) is 3.87. The van der Waals surface area contributed by atoms with Gasteiger partial charge in [-0.15, -0.1) is 0 Å². The highest BCUT2D eigenvalue weighted by Crippen LogP contribution is 2.16. The van der Waals surface area contributed by atoms with Crippen LogP contribution in [0, 0.1) is 17.1 Å². The fourth-order valence-electron chi connectivity index (χ4n) is 1.78. The number of benzene rings is 1. The first-order chi connectivity index (χ1) is 7.19. The third-order valence-electron chi connectivity index (χ3n) is 2.57. The van der Waals surface area contributed by atoms with Crippen LogP contribution in [0.1, 0.15) is 11.1 Å². The van der Waals surface area contributed by atoms with E-state index in [2.05, 4.69) is 11.0 Å². The topological polar surface area (TPSA) is 53.0 Å². The Bertz CT molecular complexity index is 405. The van der Waals surface area contributed by atoms with Crippen LogP contribution in [-0.4, -0.2) is 24.0 Å². The van der Waals surface area contributed by atoms with Gasteiger partial charge in [-0.2, -0.15) is 5.26 Å². The lowest BCUT2D eigenvalue weighted by atomic mass is 10.0. The summed E-state index contributed by atoms with van der Waals surface area (Å²) in [6.07, 6.45) is 0. The van der Waals surface area contributed by atoms with Gasteiger partial charge in [-0.3, -0.25) is 4.90 Å². The minimum absolute atomic E-state index is 0.226. The third-order valence-corrected chi connectivity index (χ3v) is 2.57. The van der Waals surface area contributed by atoms with Crippen molar-refractivity contribution in [1.82, 2.24) is 4.90 Å². The maximum absolute atomic E-state index is 13.0. The molecular formula is C11H12FN3. The van der Waals surface area contributed by atoms with Crippen molar-refractivity contribution < 1.29 is 4.39 Å². The van der Waals surface area contributed by atoms with Gasteiger partial charge in [0, 0.05) is 25.7 Å². The molecule has 1 aliphatic rings. The van der Waals surface area contributed by atoms with E-state index in [0.717, 1.165) is 18.7 Å². The summed E-state index contributed by atoms with van der Waals surface area (Å²) in [5.41, 5.74) is 6.92. The first-order valence-corrected chi connectivity index (χ1v) is 4.85. The number of nitrogens with two attached hydrogens (primary N) is 1. The Morgan fingerprint density at radius 3 is 2.87 bits per heavy atom. The molecule has 2 rings (SSSR count). The molecule has 0 aliphatic carbocycles. The van der Waals surface area contributed by atoms with E-state index >= 15 is 0 Å². The van der Waals surface area contributed by atoms with Gasteiger partial charge < -0.3 is 5.73 Å². The largest absolute Gasteiger partial charge is 0.325 e. The van der Waals surface area contributed by atoms with Crippen LogP contribution in [0.15, 0.2) is 18.2 Å². The Morgan fingerprint density at radius 1 is 1.53 bits per heavy atom. The van der Waals surface area contributed by atoms with E-state index in [1.807, 2.05) is 0 Å². The Morgan fingerprint density at radius 2 is 2.27 bits per heavy atom. The molecule has 0 radical (unpaired) electrons. The second-order valence-electron chi connectivity index (χ2n) is 3.87. The van der Waals surface area contributed by atoms with Crippen LogP contribution in [0.4, 0.5) is 4.39 Å². The van der Waals surface area contributed by atoms with Gasteiger partial charge in [0.2, 0.25) is 0 Å². The minimum Gasteiger partial charge on any atom is -0.325 e. The third kappa shape index (κ3) is 2.14. The Labute approximate surface area is 87.9 Å². The van der Waals surface area contributed by atoms with E-state index < -0.39 is 0 Å². The molecule has 3 nitrogen and oxygen atoms in total. The van der Waals surface area contributed by atoms with Gasteiger partial charge in [0.1, 0.15) is 5.82 Å². The predicted octanol–water partition coefficient (Wildman–Crippen LogP) is 0.840. The zero-order valence-corrected chi connectivity index (χ0v) is 8.28. The fourth-order valence-corrected chi connectivity index (χ4v) is 1.78. The SMILES string of the molecule is N#Cc1ccc(F)cc1CN1CC(N)C1. The summed E-state index contributed by atoms with van der Waals surface area (Å²) >= 11 is 0. The van der Waals surface area contributed by atoms with Crippen LogP contribution in [0.2, 0.25) is 0 Å². The maximum atomic E-state index is 13.0. The highest BCUT2D eigenvalue weighted by Gasteiger charge is 2.23. The van der Waals surface area contributed by atoms with Crippen molar-refractivity contribution in [1.29, 1.82) is 5.26 Å². The lowest BCUT2D eigenvalue weighted by molar-refractivity contribution is 0.142. The van der Waals surface area contributed by atoms with Crippen molar-refractivity contribution in [2.45, 2.75) is 12.6 Å². The number of nitrogens with zero attached hydrogens (tertiary/aromatic N) is 2. The van der Waals surface area contributed by atoms with Gasteiger partial charge in [0.15, 0.2) is 0 Å². The minimum atomic E-state index is -0.297. The first kappa shape index (κ1) is 10.1. The maximum Gasteiger partial charge on any atom is 0.123 e. The summed E-state index contributed by atoms with van der Waals surface area (Å²) in [5, 5.41) is 8.85. The van der Waals surface area contributed by atoms with Crippen LogP contribution < -0.4 is 5.73 Å². The van der Waals surface area contributed by atoms with E-state index in [1.54, 1.807) is 0 Å². The zero-order valence-electron chi connectivity index (χ0n) is 8.28. The average molecular weight is 205 g/mol. The summed E-state index contributed by atoms with van der Waals surface area (Å²) < 4.78 is 13.0. The van der Waals surface area contributed by atoms with Gasteiger partial charge in [-0.05, 0) is 23.8 Å². The Hall–Kier alpha value is -1.44. The highest BCUT2D eigenvalue weighted by atomic mass is 19.1. The number of halogens is 1. The van der Waals surface area contributed by atoms with E-state index in [4.69, 9.17) is 11.0 Å². The molecule has 78 valence electrons. The number of nitriles is 1. The van der Waals surface area contributed by atoms with Crippen LogP contribution in [-0.2, 0) is 6.54 Å². The summed E-state index contributed by atoms with van der Waals surface area (Å²) in [7, 11) is 0. The number of likely N-dealkylation sites (tertiary alicyclic amines) is 1. The molecule has 1 fully saturated rings. The molecule has 0 spiro atoms.